The lowest BCUT2D eigenvalue weighted by Gasteiger charge is -2.41. The van der Waals surface area contributed by atoms with E-state index in [9.17, 15) is 0 Å². The van der Waals surface area contributed by atoms with Crippen LogP contribution in [0.15, 0.2) is 18.2 Å². The summed E-state index contributed by atoms with van der Waals surface area (Å²) in [4.78, 5) is 2.50. The van der Waals surface area contributed by atoms with Gasteiger partial charge in [-0.05, 0) is 50.4 Å². The second-order valence-corrected chi connectivity index (χ2v) is 6.20. The summed E-state index contributed by atoms with van der Waals surface area (Å²) in [5.74, 6) is 0. The number of nitriles is 1. The topological polar surface area (TPSA) is 39.1 Å². The van der Waals surface area contributed by atoms with Crippen LogP contribution in [0.1, 0.15) is 38.2 Å². The predicted octanol–water partition coefficient (Wildman–Crippen LogP) is 3.32. The van der Waals surface area contributed by atoms with Crippen LogP contribution in [0.25, 0.3) is 0 Å². The molecule has 1 N–H and O–H groups in total. The van der Waals surface area contributed by atoms with Crippen molar-refractivity contribution in [3.8, 4) is 6.07 Å². The minimum atomic E-state index is 0.586. The molecule has 0 aromatic heterocycles. The molecule has 2 bridgehead atoms. The molecule has 4 heteroatoms. The molecule has 0 spiro atoms. The Morgan fingerprint density at radius 3 is 2.60 bits per heavy atom. The van der Waals surface area contributed by atoms with Crippen LogP contribution in [0.5, 0.6) is 0 Å². The highest BCUT2D eigenvalue weighted by atomic mass is 35.5. The van der Waals surface area contributed by atoms with Gasteiger partial charge in [-0.1, -0.05) is 18.5 Å². The molecule has 2 fully saturated rings. The second-order valence-electron chi connectivity index (χ2n) is 5.80. The number of hydrogen-bond donors (Lipinski definition) is 1. The van der Waals surface area contributed by atoms with Crippen LogP contribution in [0.2, 0.25) is 5.02 Å². The highest BCUT2D eigenvalue weighted by molar-refractivity contribution is 6.33. The summed E-state index contributed by atoms with van der Waals surface area (Å²) in [7, 11) is 0. The summed E-state index contributed by atoms with van der Waals surface area (Å²) in [6.07, 6.45) is 4.90. The molecule has 3 rings (SSSR count). The van der Waals surface area contributed by atoms with E-state index in [1.807, 2.05) is 12.1 Å². The minimum Gasteiger partial charge on any atom is -0.364 e. The molecule has 20 heavy (non-hydrogen) atoms. The first-order valence-corrected chi connectivity index (χ1v) is 7.82. The van der Waals surface area contributed by atoms with Crippen molar-refractivity contribution in [1.82, 2.24) is 5.32 Å². The molecule has 3 nitrogen and oxygen atoms in total. The summed E-state index contributed by atoms with van der Waals surface area (Å²) in [5.41, 5.74) is 1.74. The van der Waals surface area contributed by atoms with Crippen LogP contribution < -0.4 is 10.2 Å². The van der Waals surface area contributed by atoms with Gasteiger partial charge in [0.2, 0.25) is 0 Å². The van der Waals surface area contributed by atoms with Gasteiger partial charge in [-0.2, -0.15) is 5.26 Å². The maximum absolute atomic E-state index is 8.94. The van der Waals surface area contributed by atoms with Crippen molar-refractivity contribution in [2.45, 2.75) is 50.7 Å². The number of rotatable bonds is 3. The number of fused-ring (bicyclic) bond motifs is 2. The van der Waals surface area contributed by atoms with Crippen molar-refractivity contribution in [3.05, 3.63) is 28.8 Å². The van der Waals surface area contributed by atoms with Gasteiger partial charge in [-0.3, -0.25) is 0 Å². The van der Waals surface area contributed by atoms with Crippen LogP contribution in [0, 0.1) is 11.3 Å². The number of hydrogen-bond acceptors (Lipinski definition) is 3. The Labute approximate surface area is 125 Å². The van der Waals surface area contributed by atoms with E-state index < -0.39 is 0 Å². The summed E-state index contributed by atoms with van der Waals surface area (Å²) >= 11 is 6.39. The van der Waals surface area contributed by atoms with Gasteiger partial charge in [0.1, 0.15) is 0 Å². The Hall–Kier alpha value is -1.24. The van der Waals surface area contributed by atoms with Crippen LogP contribution >= 0.6 is 11.6 Å². The molecule has 0 amide bonds. The lowest BCUT2D eigenvalue weighted by atomic mass is 9.96. The smallest absolute Gasteiger partial charge is 0.0992 e. The van der Waals surface area contributed by atoms with Gasteiger partial charge in [0, 0.05) is 18.1 Å². The molecule has 2 heterocycles. The fourth-order valence-electron chi connectivity index (χ4n) is 3.81. The zero-order valence-corrected chi connectivity index (χ0v) is 12.5. The van der Waals surface area contributed by atoms with Crippen LogP contribution in [-0.4, -0.2) is 24.7 Å². The van der Waals surface area contributed by atoms with Crippen molar-refractivity contribution in [2.24, 2.45) is 0 Å². The van der Waals surface area contributed by atoms with Gasteiger partial charge in [-0.15, -0.1) is 0 Å². The molecule has 106 valence electrons. The van der Waals surface area contributed by atoms with Crippen molar-refractivity contribution >= 4 is 17.3 Å². The minimum absolute atomic E-state index is 0.586. The zero-order chi connectivity index (χ0) is 14.1. The lowest BCUT2D eigenvalue weighted by Crippen LogP contribution is -2.49. The summed E-state index contributed by atoms with van der Waals surface area (Å²) in [6, 6.07) is 9.63. The Morgan fingerprint density at radius 1 is 1.35 bits per heavy atom. The largest absolute Gasteiger partial charge is 0.364 e. The van der Waals surface area contributed by atoms with Crippen molar-refractivity contribution < 1.29 is 0 Å². The molecule has 2 saturated heterocycles. The Morgan fingerprint density at radius 2 is 2.05 bits per heavy atom. The average molecular weight is 290 g/mol. The first kappa shape index (κ1) is 13.7. The predicted molar refractivity (Wildman–Crippen MR) is 82.2 cm³/mol. The van der Waals surface area contributed by atoms with Gasteiger partial charge in [0.05, 0.1) is 22.3 Å². The molecule has 2 aliphatic heterocycles. The first-order chi connectivity index (χ1) is 9.72. The molecule has 2 unspecified atom stereocenters. The Balaban J connectivity index is 1.84. The van der Waals surface area contributed by atoms with Gasteiger partial charge in [-0.25, -0.2) is 0 Å². The monoisotopic (exact) mass is 289 g/mol. The second kappa shape index (κ2) is 5.63. The molecular formula is C16H20ClN3. The zero-order valence-electron chi connectivity index (χ0n) is 11.8. The Bertz CT molecular complexity index is 523. The van der Waals surface area contributed by atoms with E-state index in [4.69, 9.17) is 16.9 Å². The van der Waals surface area contributed by atoms with Crippen molar-refractivity contribution in [1.29, 1.82) is 5.26 Å². The summed E-state index contributed by atoms with van der Waals surface area (Å²) in [6.45, 7) is 3.22. The fraction of sp³-hybridized carbons (Fsp3) is 0.562. The van der Waals surface area contributed by atoms with E-state index in [1.165, 1.54) is 25.7 Å². The number of halogens is 1. The standard InChI is InChI=1S/C16H20ClN3/c1-2-19-12-8-13-4-5-14(9-12)20(13)16-6-3-11(10-18)7-15(16)17/h3,6-7,12-14,19H,2,4-5,8-9H2,1H3. The van der Waals surface area contributed by atoms with E-state index in [0.29, 0.717) is 28.7 Å². The van der Waals surface area contributed by atoms with Gasteiger partial charge < -0.3 is 10.2 Å². The van der Waals surface area contributed by atoms with Gasteiger partial charge in [0.15, 0.2) is 0 Å². The van der Waals surface area contributed by atoms with Gasteiger partial charge in [0.25, 0.3) is 0 Å². The molecule has 2 aliphatic rings. The van der Waals surface area contributed by atoms with Crippen LogP contribution in [0.3, 0.4) is 0 Å². The number of benzene rings is 1. The fourth-order valence-corrected chi connectivity index (χ4v) is 4.09. The number of piperidine rings is 1. The number of anilines is 1. The van der Waals surface area contributed by atoms with Crippen molar-refractivity contribution in [2.75, 3.05) is 11.4 Å². The SMILES string of the molecule is CCNC1CC2CCC(C1)N2c1ccc(C#N)cc1Cl. The van der Waals surface area contributed by atoms with E-state index in [1.54, 1.807) is 6.07 Å². The maximum atomic E-state index is 8.94. The molecule has 1 aromatic rings. The van der Waals surface area contributed by atoms with E-state index in [-0.39, 0.29) is 0 Å². The van der Waals surface area contributed by atoms with Crippen LogP contribution in [0.4, 0.5) is 5.69 Å². The number of nitrogens with zero attached hydrogens (tertiary/aromatic N) is 2. The van der Waals surface area contributed by atoms with Crippen LogP contribution in [-0.2, 0) is 0 Å². The summed E-state index contributed by atoms with van der Waals surface area (Å²) < 4.78 is 0. The molecule has 0 saturated carbocycles. The molecule has 1 aromatic carbocycles. The third-order valence-electron chi connectivity index (χ3n) is 4.58. The quantitative estimate of drug-likeness (QED) is 0.928. The molecule has 0 radical (unpaired) electrons. The Kier molecular flexibility index (Phi) is 3.87. The van der Waals surface area contributed by atoms with Crippen molar-refractivity contribution in [3.63, 3.8) is 0 Å². The van der Waals surface area contributed by atoms with E-state index in [0.717, 1.165) is 12.2 Å². The highest BCUT2D eigenvalue weighted by Gasteiger charge is 2.41. The van der Waals surface area contributed by atoms with E-state index in [2.05, 4.69) is 23.2 Å². The first-order valence-electron chi connectivity index (χ1n) is 7.44. The molecular weight excluding hydrogens is 270 g/mol. The normalized spacial score (nSPS) is 28.4. The number of nitrogens with one attached hydrogen (secondary N) is 1. The molecule has 0 aliphatic carbocycles. The van der Waals surface area contributed by atoms with Gasteiger partial charge >= 0.3 is 0 Å². The average Bonchev–Trinajstić information content (AvgIpc) is 2.70. The highest BCUT2D eigenvalue weighted by Crippen LogP contribution is 2.42. The maximum Gasteiger partial charge on any atom is 0.0992 e. The van der Waals surface area contributed by atoms with E-state index >= 15 is 0 Å². The summed E-state index contributed by atoms with van der Waals surface area (Å²) in [5, 5.41) is 13.2. The third kappa shape index (κ3) is 2.39. The third-order valence-corrected chi connectivity index (χ3v) is 4.88. The lowest BCUT2D eigenvalue weighted by molar-refractivity contribution is 0.361. The molecule has 2 atom stereocenters.